The maximum absolute atomic E-state index is 4.96. The normalized spacial score (nSPS) is 23.2. The van der Waals surface area contributed by atoms with E-state index in [0.717, 1.165) is 24.2 Å². The highest BCUT2D eigenvalue weighted by Crippen LogP contribution is 2.46. The molecule has 0 saturated carbocycles. The summed E-state index contributed by atoms with van der Waals surface area (Å²) in [5.74, 6) is 1.06. The van der Waals surface area contributed by atoms with Gasteiger partial charge in [0.25, 0.3) is 0 Å². The summed E-state index contributed by atoms with van der Waals surface area (Å²) in [5.41, 5.74) is 3.97. The molecule has 118 valence electrons. The van der Waals surface area contributed by atoms with Gasteiger partial charge in [-0.25, -0.2) is 4.98 Å². The molecule has 0 spiro atoms. The molecule has 0 aliphatic carbocycles. The number of aromatic nitrogens is 1. The zero-order valence-electron chi connectivity index (χ0n) is 14.4. The van der Waals surface area contributed by atoms with E-state index in [2.05, 4.69) is 69.4 Å². The van der Waals surface area contributed by atoms with E-state index in [1.165, 1.54) is 27.3 Å². The number of nitrogens with zero attached hydrogens (tertiary/aromatic N) is 1. The molecule has 2 heteroatoms. The first-order valence-corrected chi connectivity index (χ1v) is 8.68. The van der Waals surface area contributed by atoms with E-state index in [9.17, 15) is 0 Å². The van der Waals surface area contributed by atoms with Crippen LogP contribution < -0.4 is 5.32 Å². The molecule has 0 radical (unpaired) electrons. The lowest BCUT2D eigenvalue weighted by Crippen LogP contribution is -2.44. The van der Waals surface area contributed by atoms with Crippen molar-refractivity contribution in [3.05, 3.63) is 47.5 Å². The molecule has 23 heavy (non-hydrogen) atoms. The standard InChI is InChI=1S/C21H24N2/c1-5-18-21(4,6-2)16-9-7-8-14-15-12-13(3)10-11-17(15)22-20(23-18)19(14)16/h7-12,18H,5-6H2,1-4H3,(H,22,23). The fraction of sp³-hybridized carbons (Fsp3) is 0.381. The van der Waals surface area contributed by atoms with E-state index >= 15 is 0 Å². The van der Waals surface area contributed by atoms with E-state index in [0.29, 0.717) is 6.04 Å². The second-order valence-electron chi connectivity index (χ2n) is 7.09. The van der Waals surface area contributed by atoms with Crippen LogP contribution in [0.25, 0.3) is 21.7 Å². The Kier molecular flexibility index (Phi) is 3.12. The molecule has 2 heterocycles. The summed E-state index contributed by atoms with van der Waals surface area (Å²) in [4.78, 5) is 4.96. The number of hydrogen-bond donors (Lipinski definition) is 1. The van der Waals surface area contributed by atoms with Crippen LogP contribution >= 0.6 is 0 Å². The highest BCUT2D eigenvalue weighted by Gasteiger charge is 2.39. The average Bonchev–Trinajstić information content (AvgIpc) is 2.58. The molecule has 2 aromatic carbocycles. The molecule has 2 unspecified atom stereocenters. The smallest absolute Gasteiger partial charge is 0.135 e. The maximum Gasteiger partial charge on any atom is 0.135 e. The van der Waals surface area contributed by atoms with E-state index in [4.69, 9.17) is 4.98 Å². The molecule has 1 N–H and O–H groups in total. The van der Waals surface area contributed by atoms with Crippen molar-refractivity contribution < 1.29 is 0 Å². The van der Waals surface area contributed by atoms with E-state index in [1.807, 2.05) is 0 Å². The van der Waals surface area contributed by atoms with E-state index in [-0.39, 0.29) is 5.41 Å². The molecule has 0 amide bonds. The quantitative estimate of drug-likeness (QED) is 0.626. The minimum absolute atomic E-state index is 0.153. The summed E-state index contributed by atoms with van der Waals surface area (Å²) < 4.78 is 0. The Morgan fingerprint density at radius 2 is 1.96 bits per heavy atom. The van der Waals surface area contributed by atoms with Crippen LogP contribution in [0.1, 0.15) is 44.7 Å². The van der Waals surface area contributed by atoms with Gasteiger partial charge in [-0.2, -0.15) is 0 Å². The van der Waals surface area contributed by atoms with Gasteiger partial charge in [0.1, 0.15) is 5.82 Å². The van der Waals surface area contributed by atoms with Crippen LogP contribution in [0.5, 0.6) is 0 Å². The van der Waals surface area contributed by atoms with Crippen molar-refractivity contribution in [2.45, 2.75) is 52.0 Å². The first-order valence-electron chi connectivity index (χ1n) is 8.68. The first kappa shape index (κ1) is 14.5. The van der Waals surface area contributed by atoms with Gasteiger partial charge in [0.05, 0.1) is 5.52 Å². The second kappa shape index (κ2) is 4.95. The van der Waals surface area contributed by atoms with E-state index in [1.54, 1.807) is 0 Å². The Morgan fingerprint density at radius 3 is 2.70 bits per heavy atom. The number of fused-ring (bicyclic) bond motifs is 2. The van der Waals surface area contributed by atoms with Gasteiger partial charge in [0, 0.05) is 22.2 Å². The fourth-order valence-corrected chi connectivity index (χ4v) is 4.25. The molecule has 0 saturated heterocycles. The Bertz CT molecular complexity index is 912. The molecule has 0 bridgehead atoms. The van der Waals surface area contributed by atoms with Crippen LogP contribution in [0.3, 0.4) is 0 Å². The number of pyridine rings is 1. The summed E-state index contributed by atoms with van der Waals surface area (Å²) in [7, 11) is 0. The average molecular weight is 304 g/mol. The molecule has 1 aliphatic rings. The second-order valence-corrected chi connectivity index (χ2v) is 7.09. The molecule has 0 fully saturated rings. The number of rotatable bonds is 2. The van der Waals surface area contributed by atoms with Crippen molar-refractivity contribution in [1.29, 1.82) is 0 Å². The lowest BCUT2D eigenvalue weighted by Gasteiger charge is -2.42. The van der Waals surface area contributed by atoms with Crippen LogP contribution in [0.2, 0.25) is 0 Å². The minimum Gasteiger partial charge on any atom is -0.366 e. The van der Waals surface area contributed by atoms with Gasteiger partial charge in [0.2, 0.25) is 0 Å². The van der Waals surface area contributed by atoms with Crippen LogP contribution in [0.4, 0.5) is 5.82 Å². The Morgan fingerprint density at radius 1 is 1.13 bits per heavy atom. The third-order valence-corrected chi connectivity index (χ3v) is 5.81. The van der Waals surface area contributed by atoms with Crippen molar-refractivity contribution in [1.82, 2.24) is 4.98 Å². The highest BCUT2D eigenvalue weighted by molar-refractivity contribution is 6.12. The molecular formula is C21H24N2. The molecule has 4 rings (SSSR count). The van der Waals surface area contributed by atoms with Crippen LogP contribution in [-0.2, 0) is 5.41 Å². The lowest BCUT2D eigenvalue weighted by atomic mass is 9.69. The van der Waals surface area contributed by atoms with Gasteiger partial charge in [0.15, 0.2) is 0 Å². The summed E-state index contributed by atoms with van der Waals surface area (Å²) in [5, 5.41) is 7.66. The summed E-state index contributed by atoms with van der Waals surface area (Å²) in [6, 6.07) is 13.8. The molecule has 1 aliphatic heterocycles. The first-order chi connectivity index (χ1) is 11.1. The summed E-state index contributed by atoms with van der Waals surface area (Å²) >= 11 is 0. The van der Waals surface area contributed by atoms with Crippen LogP contribution in [0.15, 0.2) is 36.4 Å². The zero-order valence-corrected chi connectivity index (χ0v) is 14.4. The zero-order chi connectivity index (χ0) is 16.2. The third-order valence-electron chi connectivity index (χ3n) is 5.81. The number of nitrogens with one attached hydrogen (secondary N) is 1. The number of anilines is 1. The van der Waals surface area contributed by atoms with Gasteiger partial charge < -0.3 is 5.32 Å². The highest BCUT2D eigenvalue weighted by atomic mass is 15.0. The fourth-order valence-electron chi connectivity index (χ4n) is 4.25. The summed E-state index contributed by atoms with van der Waals surface area (Å²) in [6.07, 6.45) is 2.23. The molecular weight excluding hydrogens is 280 g/mol. The van der Waals surface area contributed by atoms with Crippen molar-refractivity contribution in [3.8, 4) is 0 Å². The lowest BCUT2D eigenvalue weighted by molar-refractivity contribution is 0.371. The van der Waals surface area contributed by atoms with Crippen LogP contribution in [0, 0.1) is 6.92 Å². The predicted octanol–water partition coefficient (Wildman–Crippen LogP) is 5.57. The monoisotopic (exact) mass is 304 g/mol. The van der Waals surface area contributed by atoms with Gasteiger partial charge in [-0.1, -0.05) is 50.6 Å². The number of benzene rings is 2. The summed E-state index contributed by atoms with van der Waals surface area (Å²) in [6.45, 7) is 9.11. The van der Waals surface area contributed by atoms with Gasteiger partial charge in [-0.05, 0) is 42.8 Å². The Balaban J connectivity index is 2.16. The van der Waals surface area contributed by atoms with Gasteiger partial charge >= 0.3 is 0 Å². The SMILES string of the molecule is CCC1Nc2nc3ccc(C)cc3c3cccc(c23)C1(C)CC. The predicted molar refractivity (Wildman–Crippen MR) is 99.3 cm³/mol. The van der Waals surface area contributed by atoms with Crippen molar-refractivity contribution in [2.75, 3.05) is 5.32 Å². The van der Waals surface area contributed by atoms with Crippen molar-refractivity contribution >= 4 is 27.5 Å². The maximum atomic E-state index is 4.96. The largest absolute Gasteiger partial charge is 0.366 e. The molecule has 3 aromatic rings. The van der Waals surface area contributed by atoms with E-state index < -0.39 is 0 Å². The Hall–Kier alpha value is -2.09. The van der Waals surface area contributed by atoms with Crippen LogP contribution in [-0.4, -0.2) is 11.0 Å². The van der Waals surface area contributed by atoms with Gasteiger partial charge in [-0.15, -0.1) is 0 Å². The van der Waals surface area contributed by atoms with Crippen molar-refractivity contribution in [2.24, 2.45) is 0 Å². The molecule has 2 atom stereocenters. The van der Waals surface area contributed by atoms with Crippen molar-refractivity contribution in [3.63, 3.8) is 0 Å². The topological polar surface area (TPSA) is 24.9 Å². The minimum atomic E-state index is 0.153. The molecule has 2 nitrogen and oxygen atoms in total. The number of hydrogen-bond acceptors (Lipinski definition) is 2. The number of aryl methyl sites for hydroxylation is 1. The Labute approximate surface area is 137 Å². The van der Waals surface area contributed by atoms with Gasteiger partial charge in [-0.3, -0.25) is 0 Å². The third kappa shape index (κ3) is 1.90. The molecule has 1 aromatic heterocycles.